The van der Waals surface area contributed by atoms with Gasteiger partial charge in [0.25, 0.3) is 0 Å². The van der Waals surface area contributed by atoms with Crippen LogP contribution < -0.4 is 0 Å². The third kappa shape index (κ3) is 3.15. The highest BCUT2D eigenvalue weighted by atomic mass is 32.1. The van der Waals surface area contributed by atoms with E-state index in [0.717, 1.165) is 12.8 Å². The van der Waals surface area contributed by atoms with E-state index in [2.05, 4.69) is 17.8 Å². The zero-order valence-corrected chi connectivity index (χ0v) is 12.3. The summed E-state index contributed by atoms with van der Waals surface area (Å²) >= 11 is 4.07. The van der Waals surface area contributed by atoms with E-state index < -0.39 is 5.97 Å². The van der Waals surface area contributed by atoms with Gasteiger partial charge in [-0.05, 0) is 18.6 Å². The monoisotopic (exact) mass is 298 g/mol. The zero-order valence-electron chi connectivity index (χ0n) is 11.4. The summed E-state index contributed by atoms with van der Waals surface area (Å²) in [5, 5.41) is 3.92. The minimum atomic E-state index is -0.435. The van der Waals surface area contributed by atoms with Crippen molar-refractivity contribution >= 4 is 24.5 Å². The van der Waals surface area contributed by atoms with Crippen LogP contribution in [-0.4, -0.2) is 47.9 Å². The minimum absolute atomic E-state index is 0.128. The van der Waals surface area contributed by atoms with Crippen molar-refractivity contribution in [2.45, 2.75) is 25.2 Å². The molecule has 110 valence electrons. The van der Waals surface area contributed by atoms with Crippen molar-refractivity contribution in [3.05, 3.63) is 17.5 Å². The molecule has 6 nitrogen and oxygen atoms in total. The quantitative estimate of drug-likeness (QED) is 0.673. The molecule has 2 rings (SSSR count). The molecule has 0 spiro atoms. The van der Waals surface area contributed by atoms with Gasteiger partial charge in [-0.1, -0.05) is 5.16 Å². The molecule has 0 saturated carbocycles. The van der Waals surface area contributed by atoms with Gasteiger partial charge in [0.05, 0.1) is 7.11 Å². The summed E-state index contributed by atoms with van der Waals surface area (Å²) in [5.74, 6) is 0.388. The van der Waals surface area contributed by atoms with Crippen LogP contribution >= 0.6 is 12.6 Å². The van der Waals surface area contributed by atoms with Gasteiger partial charge in [0.2, 0.25) is 5.91 Å². The standard InChI is InChI=1S/C13H18N2O4S/c1-18-13(17)10-8-19-14-12(10)9-2-5-15(6-3-9)11(16)4-7-20/h8-9,20H,2-7H2,1H3. The van der Waals surface area contributed by atoms with Crippen LogP contribution in [0.5, 0.6) is 0 Å². The molecule has 0 unspecified atom stereocenters. The van der Waals surface area contributed by atoms with Crippen molar-refractivity contribution < 1.29 is 18.8 Å². The molecule has 0 aromatic carbocycles. The maximum Gasteiger partial charge on any atom is 0.343 e. The van der Waals surface area contributed by atoms with Crippen LogP contribution in [0, 0.1) is 0 Å². The van der Waals surface area contributed by atoms with Gasteiger partial charge in [0.15, 0.2) is 0 Å². The van der Waals surface area contributed by atoms with E-state index >= 15 is 0 Å². The van der Waals surface area contributed by atoms with Crippen molar-refractivity contribution in [1.82, 2.24) is 10.1 Å². The molecule has 0 aliphatic carbocycles. The predicted molar refractivity (Wildman–Crippen MR) is 74.9 cm³/mol. The van der Waals surface area contributed by atoms with Gasteiger partial charge in [0, 0.05) is 25.4 Å². The van der Waals surface area contributed by atoms with Gasteiger partial charge >= 0.3 is 5.97 Å². The number of carbonyl (C=O) groups is 2. The first-order valence-electron chi connectivity index (χ1n) is 6.58. The SMILES string of the molecule is COC(=O)c1conc1C1CCN(C(=O)CCS)CC1. The lowest BCUT2D eigenvalue weighted by atomic mass is 9.91. The smallest absolute Gasteiger partial charge is 0.343 e. The van der Waals surface area contributed by atoms with Gasteiger partial charge in [-0.3, -0.25) is 4.79 Å². The number of aromatic nitrogens is 1. The summed E-state index contributed by atoms with van der Waals surface area (Å²) in [4.78, 5) is 25.2. The number of thiol groups is 1. The van der Waals surface area contributed by atoms with E-state index in [4.69, 9.17) is 9.26 Å². The number of piperidine rings is 1. The molecule has 1 saturated heterocycles. The van der Waals surface area contributed by atoms with Crippen LogP contribution in [0.3, 0.4) is 0 Å². The Morgan fingerprint density at radius 2 is 2.20 bits per heavy atom. The molecule has 0 radical (unpaired) electrons. The lowest BCUT2D eigenvalue weighted by molar-refractivity contribution is -0.131. The molecule has 2 heterocycles. The largest absolute Gasteiger partial charge is 0.465 e. The number of rotatable bonds is 4. The average Bonchev–Trinajstić information content (AvgIpc) is 2.96. The number of methoxy groups -OCH3 is 1. The van der Waals surface area contributed by atoms with E-state index in [1.807, 2.05) is 4.90 Å². The third-order valence-electron chi connectivity index (χ3n) is 3.56. The summed E-state index contributed by atoms with van der Waals surface area (Å²) in [7, 11) is 1.33. The number of nitrogens with zero attached hydrogens (tertiary/aromatic N) is 2. The van der Waals surface area contributed by atoms with Gasteiger partial charge < -0.3 is 14.2 Å². The first-order valence-corrected chi connectivity index (χ1v) is 7.21. The van der Waals surface area contributed by atoms with Crippen LogP contribution in [0.15, 0.2) is 10.8 Å². The van der Waals surface area contributed by atoms with Crippen molar-refractivity contribution in [2.75, 3.05) is 26.0 Å². The van der Waals surface area contributed by atoms with Crippen molar-refractivity contribution in [1.29, 1.82) is 0 Å². The van der Waals surface area contributed by atoms with Crippen LogP contribution in [0.4, 0.5) is 0 Å². The molecule has 1 aliphatic rings. The topological polar surface area (TPSA) is 72.6 Å². The average molecular weight is 298 g/mol. The van der Waals surface area contributed by atoms with E-state index in [0.29, 0.717) is 36.5 Å². The molecule has 0 atom stereocenters. The van der Waals surface area contributed by atoms with Gasteiger partial charge in [-0.15, -0.1) is 0 Å². The summed E-state index contributed by atoms with van der Waals surface area (Å²) in [5.41, 5.74) is 1.02. The first kappa shape index (κ1) is 14.9. The number of likely N-dealkylation sites (tertiary alicyclic amines) is 1. The molecule has 0 bridgehead atoms. The summed E-state index contributed by atoms with van der Waals surface area (Å²) in [6.07, 6.45) is 3.33. The number of ether oxygens (including phenoxy) is 1. The van der Waals surface area contributed by atoms with Gasteiger partial charge in [-0.25, -0.2) is 4.79 Å². The van der Waals surface area contributed by atoms with Gasteiger partial charge in [0.1, 0.15) is 17.5 Å². The van der Waals surface area contributed by atoms with E-state index in [1.54, 1.807) is 0 Å². The fourth-order valence-corrected chi connectivity index (χ4v) is 2.65. The van der Waals surface area contributed by atoms with Crippen LogP contribution in [0.25, 0.3) is 0 Å². The van der Waals surface area contributed by atoms with Crippen molar-refractivity contribution in [3.63, 3.8) is 0 Å². The lowest BCUT2D eigenvalue weighted by Crippen LogP contribution is -2.38. The minimum Gasteiger partial charge on any atom is -0.465 e. The Hall–Kier alpha value is -1.50. The van der Waals surface area contributed by atoms with Crippen LogP contribution in [0.1, 0.15) is 41.2 Å². The molecule has 1 amide bonds. The number of hydrogen-bond acceptors (Lipinski definition) is 6. The molecule has 1 aliphatic heterocycles. The fourth-order valence-electron chi connectivity index (χ4n) is 2.46. The molecular weight excluding hydrogens is 280 g/mol. The second kappa shape index (κ2) is 6.78. The van der Waals surface area contributed by atoms with Crippen molar-refractivity contribution in [3.8, 4) is 0 Å². The number of amides is 1. The Morgan fingerprint density at radius 1 is 1.50 bits per heavy atom. The van der Waals surface area contributed by atoms with Crippen LogP contribution in [-0.2, 0) is 9.53 Å². The van der Waals surface area contributed by atoms with E-state index in [-0.39, 0.29) is 11.8 Å². The third-order valence-corrected chi connectivity index (χ3v) is 3.79. The molecular formula is C13H18N2O4S. The van der Waals surface area contributed by atoms with Gasteiger partial charge in [-0.2, -0.15) is 12.6 Å². The number of carbonyl (C=O) groups excluding carboxylic acids is 2. The summed E-state index contributed by atoms with van der Waals surface area (Å²) in [6, 6.07) is 0. The Kier molecular flexibility index (Phi) is 5.05. The maximum absolute atomic E-state index is 11.8. The van der Waals surface area contributed by atoms with E-state index in [1.165, 1.54) is 13.4 Å². The highest BCUT2D eigenvalue weighted by molar-refractivity contribution is 7.80. The first-order chi connectivity index (χ1) is 9.67. The second-order valence-electron chi connectivity index (χ2n) is 4.73. The van der Waals surface area contributed by atoms with Crippen molar-refractivity contribution in [2.24, 2.45) is 0 Å². The molecule has 1 aromatic heterocycles. The summed E-state index contributed by atoms with van der Waals surface area (Å²) < 4.78 is 9.60. The zero-order chi connectivity index (χ0) is 14.5. The normalized spacial score (nSPS) is 16.2. The molecule has 20 heavy (non-hydrogen) atoms. The Morgan fingerprint density at radius 3 is 2.80 bits per heavy atom. The molecule has 7 heteroatoms. The maximum atomic E-state index is 11.8. The van der Waals surface area contributed by atoms with Crippen LogP contribution in [0.2, 0.25) is 0 Å². The Bertz CT molecular complexity index is 480. The molecule has 0 N–H and O–H groups in total. The number of esters is 1. The fraction of sp³-hybridized carbons (Fsp3) is 0.615. The molecule has 1 aromatic rings. The highest BCUT2D eigenvalue weighted by Gasteiger charge is 2.29. The number of hydrogen-bond donors (Lipinski definition) is 1. The summed E-state index contributed by atoms with van der Waals surface area (Å²) in [6.45, 7) is 1.34. The highest BCUT2D eigenvalue weighted by Crippen LogP contribution is 2.29. The Labute approximate surface area is 122 Å². The molecule has 1 fully saturated rings. The second-order valence-corrected chi connectivity index (χ2v) is 5.18. The predicted octanol–water partition coefficient (Wildman–Crippen LogP) is 1.49. The Balaban J connectivity index is 1.99. The van der Waals surface area contributed by atoms with E-state index in [9.17, 15) is 9.59 Å². The lowest BCUT2D eigenvalue weighted by Gasteiger charge is -2.31.